The monoisotopic (exact) mass is 742 g/mol. The predicted octanol–water partition coefficient (Wildman–Crippen LogP) is 7.91. The number of anilines is 1. The first-order valence-electron chi connectivity index (χ1n) is 17.3. The first-order valence-corrected chi connectivity index (χ1v) is 19.1. The van der Waals surface area contributed by atoms with Gasteiger partial charge in [0.2, 0.25) is 10.0 Å². The maximum absolute atomic E-state index is 15.2. The van der Waals surface area contributed by atoms with Gasteiger partial charge in [-0.3, -0.25) is 18.4 Å². The number of sulfonamides is 1. The number of nitrogens with zero attached hydrogens (tertiary/aromatic N) is 5. The molecule has 5 heterocycles. The Hall–Kier alpha value is -5.47. The molecule has 3 aromatic carbocycles. The summed E-state index contributed by atoms with van der Waals surface area (Å²) in [5, 5.41) is 3.21. The molecule has 0 bridgehead atoms. The van der Waals surface area contributed by atoms with Crippen LogP contribution in [0.25, 0.3) is 61.0 Å². The molecule has 0 unspecified atom stereocenters. The molecular weight excluding hydrogens is 706 g/mol. The maximum Gasteiger partial charge on any atom is 0.255 e. The second-order valence-electron chi connectivity index (χ2n) is 12.7. The Morgan fingerprint density at radius 1 is 0.906 bits per heavy atom. The Morgan fingerprint density at radius 2 is 1.66 bits per heavy atom. The molecule has 53 heavy (non-hydrogen) atoms. The lowest BCUT2D eigenvalue weighted by Crippen LogP contribution is -2.25. The number of hydrogen-bond donors (Lipinski definition) is 1. The number of nitrogens with one attached hydrogen (secondary N) is 1. The summed E-state index contributed by atoms with van der Waals surface area (Å²) >= 11 is 0. The van der Waals surface area contributed by atoms with Crippen LogP contribution < -0.4 is 9.62 Å². The zero-order valence-corrected chi connectivity index (χ0v) is 30.6. The van der Waals surface area contributed by atoms with Crippen LogP contribution in [0, 0.1) is 17.5 Å². The zero-order chi connectivity index (χ0) is 37.8. The molecule has 0 spiro atoms. The average Bonchev–Trinajstić information content (AvgIpc) is 3.89. The summed E-state index contributed by atoms with van der Waals surface area (Å²) in [4.78, 5) is 25.7. The third-order valence-electron chi connectivity index (χ3n) is 9.53. The van der Waals surface area contributed by atoms with Crippen LogP contribution in [-0.2, 0) is 16.6 Å². The Labute approximate surface area is 303 Å². The van der Waals surface area contributed by atoms with Gasteiger partial charge in [-0.1, -0.05) is 19.9 Å². The SMILES string of the molecule is CC.CNC(=O)c1c(-c2ccc(F)cc2F)oc2cc(N(C)S(C)(=O)=O)c(-c3ccc4nc(CN5CCCC5)n5c6cccc(F)c6cc5c4n3)cc12. The van der Waals surface area contributed by atoms with Gasteiger partial charge in [-0.05, 0) is 74.5 Å². The number of pyridine rings is 1. The summed E-state index contributed by atoms with van der Waals surface area (Å²) in [7, 11) is -1.06. The molecule has 8 rings (SSSR count). The molecular formula is C39H37F3N6O4S. The summed E-state index contributed by atoms with van der Waals surface area (Å²) in [6.45, 7) is 6.44. The Balaban J connectivity index is 0.00000214. The molecule has 1 aliphatic heterocycles. The number of benzene rings is 3. The van der Waals surface area contributed by atoms with Crippen molar-refractivity contribution in [2.24, 2.45) is 0 Å². The minimum absolute atomic E-state index is 0.0301. The molecule has 4 aromatic heterocycles. The molecule has 1 N–H and O–H groups in total. The Kier molecular flexibility index (Phi) is 9.37. The second kappa shape index (κ2) is 13.8. The predicted molar refractivity (Wildman–Crippen MR) is 201 cm³/mol. The fourth-order valence-electron chi connectivity index (χ4n) is 6.95. The summed E-state index contributed by atoms with van der Waals surface area (Å²) in [5.41, 5.74) is 3.00. The van der Waals surface area contributed by atoms with Gasteiger partial charge < -0.3 is 9.73 Å². The molecule has 1 aliphatic rings. The van der Waals surface area contributed by atoms with Crippen LogP contribution in [0.1, 0.15) is 42.9 Å². The lowest BCUT2D eigenvalue weighted by molar-refractivity contribution is 0.0964. The summed E-state index contributed by atoms with van der Waals surface area (Å²) in [6, 6.07) is 16.0. The van der Waals surface area contributed by atoms with Crippen LogP contribution in [0.2, 0.25) is 0 Å². The second-order valence-corrected chi connectivity index (χ2v) is 14.7. The summed E-state index contributed by atoms with van der Waals surface area (Å²) < 4.78 is 79.0. The zero-order valence-electron chi connectivity index (χ0n) is 29.8. The van der Waals surface area contributed by atoms with Gasteiger partial charge in [0, 0.05) is 42.6 Å². The van der Waals surface area contributed by atoms with E-state index >= 15 is 8.78 Å². The number of aromatic nitrogens is 3. The van der Waals surface area contributed by atoms with Gasteiger partial charge in [-0.25, -0.2) is 31.6 Å². The van der Waals surface area contributed by atoms with E-state index in [1.807, 2.05) is 24.3 Å². The molecule has 14 heteroatoms. The van der Waals surface area contributed by atoms with Crippen molar-refractivity contribution >= 4 is 60.0 Å². The molecule has 1 amide bonds. The van der Waals surface area contributed by atoms with Crippen molar-refractivity contribution in [3.05, 3.63) is 95.6 Å². The topological polar surface area (TPSA) is 113 Å². The summed E-state index contributed by atoms with van der Waals surface area (Å²) in [6.07, 6.45) is 3.23. The smallest absolute Gasteiger partial charge is 0.255 e. The number of carbonyl (C=O) groups excluding carboxylic acids is 1. The van der Waals surface area contributed by atoms with Gasteiger partial charge in [0.05, 0.1) is 51.9 Å². The van der Waals surface area contributed by atoms with Gasteiger partial charge in [-0.2, -0.15) is 0 Å². The molecule has 7 aromatic rings. The molecule has 0 atom stereocenters. The van der Waals surface area contributed by atoms with Crippen molar-refractivity contribution < 1.29 is 30.8 Å². The van der Waals surface area contributed by atoms with Crippen molar-refractivity contribution in [3.63, 3.8) is 0 Å². The number of halogens is 3. The Bertz CT molecular complexity index is 2690. The fraction of sp³-hybridized carbons (Fsp3) is 0.256. The quantitative estimate of drug-likeness (QED) is 0.177. The van der Waals surface area contributed by atoms with E-state index in [2.05, 4.69) is 10.2 Å². The van der Waals surface area contributed by atoms with E-state index < -0.39 is 27.6 Å². The first-order chi connectivity index (χ1) is 25.4. The number of hydrogen-bond acceptors (Lipinski definition) is 7. The molecule has 0 radical (unpaired) electrons. The largest absolute Gasteiger partial charge is 0.455 e. The van der Waals surface area contributed by atoms with Gasteiger partial charge in [0.1, 0.15) is 34.4 Å². The molecule has 274 valence electrons. The number of rotatable bonds is 7. The van der Waals surface area contributed by atoms with E-state index in [0.29, 0.717) is 51.3 Å². The third-order valence-corrected chi connectivity index (χ3v) is 10.7. The fourth-order valence-corrected chi connectivity index (χ4v) is 7.46. The van der Waals surface area contributed by atoms with Crippen LogP contribution in [0.15, 0.2) is 71.1 Å². The van der Waals surface area contributed by atoms with Crippen LogP contribution in [0.4, 0.5) is 18.9 Å². The van der Waals surface area contributed by atoms with Crippen LogP contribution in [-0.4, -0.2) is 67.0 Å². The van der Waals surface area contributed by atoms with Crippen LogP contribution >= 0.6 is 0 Å². The normalized spacial score (nSPS) is 13.6. The number of fused-ring (bicyclic) bond motifs is 6. The number of carbonyl (C=O) groups is 1. The highest BCUT2D eigenvalue weighted by Gasteiger charge is 2.28. The van der Waals surface area contributed by atoms with Crippen LogP contribution in [0.3, 0.4) is 0 Å². The van der Waals surface area contributed by atoms with E-state index in [-0.39, 0.29) is 39.4 Å². The van der Waals surface area contributed by atoms with Crippen molar-refractivity contribution in [1.82, 2.24) is 24.6 Å². The molecule has 1 fully saturated rings. The number of amides is 1. The first kappa shape index (κ1) is 35.9. The van der Waals surface area contributed by atoms with E-state index in [9.17, 15) is 17.6 Å². The number of furan rings is 1. The van der Waals surface area contributed by atoms with Gasteiger partial charge in [0.25, 0.3) is 5.91 Å². The van der Waals surface area contributed by atoms with Crippen molar-refractivity contribution in [2.75, 3.05) is 37.7 Å². The molecule has 1 saturated heterocycles. The number of likely N-dealkylation sites (tertiary alicyclic amines) is 1. The highest BCUT2D eigenvalue weighted by Crippen LogP contribution is 2.42. The van der Waals surface area contributed by atoms with E-state index in [0.717, 1.165) is 48.4 Å². The lowest BCUT2D eigenvalue weighted by Gasteiger charge is -2.21. The van der Waals surface area contributed by atoms with E-state index in [4.69, 9.17) is 14.4 Å². The van der Waals surface area contributed by atoms with E-state index in [1.54, 1.807) is 30.3 Å². The standard InChI is InChI=1S/C37H31F3N6O4S.C2H6/c1-41-37(47)34-24-16-23(30(44(2)51(3,48)49)18-32(24)50-36(34)21-10-9-20(38)15-26(21)40)27-11-12-28-35(43-27)31-17-22-25(39)7-6-8-29(22)46(31)33(42-28)19-45-13-4-5-14-45;1-2/h6-12,15-18H,4-5,13-14,19H2,1-3H3,(H,41,47);1-2H3. The maximum atomic E-state index is 15.2. The highest BCUT2D eigenvalue weighted by atomic mass is 32.2. The average molecular weight is 743 g/mol. The van der Waals surface area contributed by atoms with Gasteiger partial charge in [0.15, 0.2) is 5.76 Å². The highest BCUT2D eigenvalue weighted by molar-refractivity contribution is 7.92. The molecule has 10 nitrogen and oxygen atoms in total. The minimum atomic E-state index is -3.84. The minimum Gasteiger partial charge on any atom is -0.455 e. The third kappa shape index (κ3) is 6.25. The summed E-state index contributed by atoms with van der Waals surface area (Å²) in [5.74, 6) is -2.15. The lowest BCUT2D eigenvalue weighted by atomic mass is 10.0. The van der Waals surface area contributed by atoms with Crippen LogP contribution in [0.5, 0.6) is 0 Å². The molecule has 0 aliphatic carbocycles. The van der Waals surface area contributed by atoms with E-state index in [1.165, 1.54) is 32.3 Å². The van der Waals surface area contributed by atoms with Gasteiger partial charge >= 0.3 is 0 Å². The van der Waals surface area contributed by atoms with Crippen molar-refractivity contribution in [1.29, 1.82) is 0 Å². The van der Waals surface area contributed by atoms with Crippen molar-refractivity contribution in [2.45, 2.75) is 33.2 Å². The molecule has 0 saturated carbocycles. The van der Waals surface area contributed by atoms with Crippen molar-refractivity contribution in [3.8, 4) is 22.6 Å². The Morgan fingerprint density at radius 3 is 2.36 bits per heavy atom. The van der Waals surface area contributed by atoms with Gasteiger partial charge in [-0.15, -0.1) is 0 Å².